The Morgan fingerprint density at radius 2 is 2.07 bits per heavy atom. The Bertz CT molecular complexity index is 322. The zero-order valence-corrected chi connectivity index (χ0v) is 10.6. The molecule has 0 aliphatic carbocycles. The predicted molar refractivity (Wildman–Crippen MR) is 65.8 cm³/mol. The summed E-state index contributed by atoms with van der Waals surface area (Å²) in [6.45, 7) is 6.43. The van der Waals surface area contributed by atoms with Crippen molar-refractivity contribution in [1.82, 2.24) is 0 Å². The van der Waals surface area contributed by atoms with E-state index >= 15 is 0 Å². The quantitative estimate of drug-likeness (QED) is 0.695. The van der Waals surface area contributed by atoms with Gasteiger partial charge in [-0.1, -0.05) is 26.3 Å². The van der Waals surface area contributed by atoms with Crippen molar-refractivity contribution < 1.29 is 4.74 Å². The maximum absolute atomic E-state index is 6.42. The van der Waals surface area contributed by atoms with Crippen molar-refractivity contribution >= 4 is 11.6 Å². The molecule has 0 N–H and O–H groups in total. The number of hydrogen-bond donors (Lipinski definition) is 0. The maximum atomic E-state index is 6.42. The van der Waals surface area contributed by atoms with Crippen molar-refractivity contribution in [2.45, 2.75) is 32.6 Å². The highest BCUT2D eigenvalue weighted by atomic mass is 35.5. The van der Waals surface area contributed by atoms with Crippen LogP contribution < -0.4 is 4.74 Å². The van der Waals surface area contributed by atoms with Crippen LogP contribution in [0.25, 0.3) is 0 Å². The van der Waals surface area contributed by atoms with E-state index in [0.29, 0.717) is 5.92 Å². The van der Waals surface area contributed by atoms with Crippen LogP contribution in [0.1, 0.15) is 36.8 Å². The molecule has 2 atom stereocenters. The van der Waals surface area contributed by atoms with Crippen LogP contribution >= 0.6 is 11.6 Å². The van der Waals surface area contributed by atoms with Crippen molar-refractivity contribution in [3.05, 3.63) is 29.3 Å². The van der Waals surface area contributed by atoms with Gasteiger partial charge in [0.15, 0.2) is 0 Å². The smallest absolute Gasteiger partial charge is 0.119 e. The topological polar surface area (TPSA) is 9.23 Å². The average Bonchev–Trinajstić information content (AvgIpc) is 2.26. The number of ether oxygens (including phenoxy) is 1. The molecule has 0 radical (unpaired) electrons. The highest BCUT2D eigenvalue weighted by molar-refractivity contribution is 6.21. The predicted octanol–water partition coefficient (Wildman–Crippen LogP) is 4.33. The Hall–Kier alpha value is -0.690. The highest BCUT2D eigenvalue weighted by Crippen LogP contribution is 2.34. The number of benzene rings is 1. The molecule has 1 rings (SSSR count). The zero-order chi connectivity index (χ0) is 11.4. The van der Waals surface area contributed by atoms with Crippen LogP contribution in [0.3, 0.4) is 0 Å². The molecule has 0 amide bonds. The fourth-order valence-corrected chi connectivity index (χ4v) is 2.02. The van der Waals surface area contributed by atoms with Crippen molar-refractivity contribution in [3.8, 4) is 5.75 Å². The van der Waals surface area contributed by atoms with E-state index in [0.717, 1.165) is 12.2 Å². The lowest BCUT2D eigenvalue weighted by molar-refractivity contribution is 0.414. The van der Waals surface area contributed by atoms with Gasteiger partial charge in [0.2, 0.25) is 0 Å². The molecule has 2 heteroatoms. The van der Waals surface area contributed by atoms with Gasteiger partial charge in [-0.05, 0) is 36.1 Å². The summed E-state index contributed by atoms with van der Waals surface area (Å²) in [5.74, 6) is 1.39. The summed E-state index contributed by atoms with van der Waals surface area (Å²) in [6.07, 6.45) is 1.10. The molecule has 2 unspecified atom stereocenters. The number of hydrogen-bond acceptors (Lipinski definition) is 1. The number of aryl methyl sites for hydroxylation is 1. The van der Waals surface area contributed by atoms with Gasteiger partial charge in [-0.3, -0.25) is 0 Å². The first-order valence-corrected chi connectivity index (χ1v) is 5.82. The van der Waals surface area contributed by atoms with E-state index in [4.69, 9.17) is 16.3 Å². The number of halogens is 1. The molecular weight excluding hydrogens is 208 g/mol. The Labute approximate surface area is 97.4 Å². The minimum absolute atomic E-state index is 0.0981. The second-order valence-electron chi connectivity index (χ2n) is 4.01. The van der Waals surface area contributed by atoms with E-state index in [1.54, 1.807) is 7.11 Å². The normalized spacial score (nSPS) is 14.7. The molecular formula is C13H19ClO. The Morgan fingerprint density at radius 1 is 1.40 bits per heavy atom. The van der Waals surface area contributed by atoms with Crippen molar-refractivity contribution in [3.63, 3.8) is 0 Å². The van der Waals surface area contributed by atoms with Crippen LogP contribution in [0.4, 0.5) is 0 Å². The van der Waals surface area contributed by atoms with E-state index in [2.05, 4.69) is 26.8 Å². The van der Waals surface area contributed by atoms with E-state index in [1.807, 2.05) is 12.1 Å². The Balaban J connectivity index is 2.95. The summed E-state index contributed by atoms with van der Waals surface area (Å²) in [7, 11) is 1.68. The van der Waals surface area contributed by atoms with E-state index in [-0.39, 0.29) is 5.38 Å². The maximum Gasteiger partial charge on any atom is 0.119 e. The third-order valence-corrected chi connectivity index (χ3v) is 3.58. The first-order valence-electron chi connectivity index (χ1n) is 5.38. The second kappa shape index (κ2) is 5.41. The second-order valence-corrected chi connectivity index (χ2v) is 4.48. The van der Waals surface area contributed by atoms with Crippen LogP contribution in [0, 0.1) is 12.8 Å². The standard InChI is InChI=1S/C13H19ClO/c1-5-9(2)13(14)12-7-6-11(15-4)8-10(12)3/h6-9,13H,5H2,1-4H3. The van der Waals surface area contributed by atoms with Crippen LogP contribution in [-0.4, -0.2) is 7.11 Å². The van der Waals surface area contributed by atoms with Crippen molar-refractivity contribution in [2.75, 3.05) is 7.11 Å². The number of rotatable bonds is 4. The summed E-state index contributed by atoms with van der Waals surface area (Å²) < 4.78 is 5.17. The monoisotopic (exact) mass is 226 g/mol. The third-order valence-electron chi connectivity index (χ3n) is 2.92. The van der Waals surface area contributed by atoms with E-state index in [1.165, 1.54) is 11.1 Å². The molecule has 84 valence electrons. The van der Waals surface area contributed by atoms with Gasteiger partial charge in [0.05, 0.1) is 12.5 Å². The van der Waals surface area contributed by atoms with Gasteiger partial charge in [0, 0.05) is 0 Å². The van der Waals surface area contributed by atoms with Gasteiger partial charge in [0.25, 0.3) is 0 Å². The molecule has 0 heterocycles. The molecule has 1 nitrogen and oxygen atoms in total. The number of methoxy groups -OCH3 is 1. The highest BCUT2D eigenvalue weighted by Gasteiger charge is 2.16. The molecule has 0 aromatic heterocycles. The van der Waals surface area contributed by atoms with Crippen LogP contribution in [0.5, 0.6) is 5.75 Å². The molecule has 0 aliphatic rings. The summed E-state index contributed by atoms with van der Waals surface area (Å²) in [6, 6.07) is 6.07. The lowest BCUT2D eigenvalue weighted by atomic mass is 9.95. The summed E-state index contributed by atoms with van der Waals surface area (Å²) in [4.78, 5) is 0. The van der Waals surface area contributed by atoms with E-state index < -0.39 is 0 Å². The van der Waals surface area contributed by atoms with Gasteiger partial charge in [-0.2, -0.15) is 0 Å². The van der Waals surface area contributed by atoms with Crippen LogP contribution in [-0.2, 0) is 0 Å². The van der Waals surface area contributed by atoms with Gasteiger partial charge >= 0.3 is 0 Å². The molecule has 0 spiro atoms. The molecule has 0 saturated carbocycles. The van der Waals surface area contributed by atoms with Crippen LogP contribution in [0.2, 0.25) is 0 Å². The molecule has 15 heavy (non-hydrogen) atoms. The largest absolute Gasteiger partial charge is 0.497 e. The minimum Gasteiger partial charge on any atom is -0.497 e. The Morgan fingerprint density at radius 3 is 2.53 bits per heavy atom. The molecule has 0 bridgehead atoms. The lowest BCUT2D eigenvalue weighted by Crippen LogP contribution is -2.04. The van der Waals surface area contributed by atoms with Gasteiger partial charge in [-0.25, -0.2) is 0 Å². The van der Waals surface area contributed by atoms with Crippen molar-refractivity contribution in [1.29, 1.82) is 0 Å². The Kier molecular flexibility index (Phi) is 4.46. The summed E-state index contributed by atoms with van der Waals surface area (Å²) >= 11 is 6.42. The summed E-state index contributed by atoms with van der Waals surface area (Å²) in [5, 5.41) is 0.0981. The SMILES string of the molecule is CCC(C)C(Cl)c1ccc(OC)cc1C. The molecule has 1 aromatic carbocycles. The third kappa shape index (κ3) is 2.88. The molecule has 1 aromatic rings. The fraction of sp³-hybridized carbons (Fsp3) is 0.538. The average molecular weight is 227 g/mol. The minimum atomic E-state index is 0.0981. The first kappa shape index (κ1) is 12.4. The molecule has 0 fully saturated rings. The first-order chi connectivity index (χ1) is 7.10. The van der Waals surface area contributed by atoms with E-state index in [9.17, 15) is 0 Å². The van der Waals surface area contributed by atoms with Crippen LogP contribution in [0.15, 0.2) is 18.2 Å². The summed E-state index contributed by atoms with van der Waals surface area (Å²) in [5.41, 5.74) is 2.42. The van der Waals surface area contributed by atoms with Gasteiger partial charge in [0.1, 0.15) is 5.75 Å². The zero-order valence-electron chi connectivity index (χ0n) is 9.88. The molecule has 0 saturated heterocycles. The molecule has 0 aliphatic heterocycles. The fourth-order valence-electron chi connectivity index (χ4n) is 1.60. The lowest BCUT2D eigenvalue weighted by Gasteiger charge is -2.19. The van der Waals surface area contributed by atoms with Crippen molar-refractivity contribution in [2.24, 2.45) is 5.92 Å². The van der Waals surface area contributed by atoms with Gasteiger partial charge < -0.3 is 4.74 Å². The number of alkyl halides is 1. The van der Waals surface area contributed by atoms with Gasteiger partial charge in [-0.15, -0.1) is 11.6 Å².